The molecule has 0 bridgehead atoms. The smallest absolute Gasteiger partial charge is 0.200 e. The van der Waals surface area contributed by atoms with Gasteiger partial charge in [-0.05, 0) is 24.5 Å². The third-order valence-electron chi connectivity index (χ3n) is 2.44. The molecule has 13 heavy (non-hydrogen) atoms. The van der Waals surface area contributed by atoms with Crippen molar-refractivity contribution in [3.63, 3.8) is 0 Å². The van der Waals surface area contributed by atoms with Crippen LogP contribution in [0.3, 0.4) is 0 Å². The van der Waals surface area contributed by atoms with Crippen molar-refractivity contribution in [2.24, 2.45) is 5.73 Å². The zero-order valence-electron chi connectivity index (χ0n) is 6.85. The van der Waals surface area contributed by atoms with Crippen LogP contribution in [0.1, 0.15) is 23.6 Å². The van der Waals surface area contributed by atoms with Gasteiger partial charge in [0, 0.05) is 11.6 Å². The highest BCUT2D eigenvalue weighted by Crippen LogP contribution is 2.37. The summed E-state index contributed by atoms with van der Waals surface area (Å²) >= 11 is 0. The highest BCUT2D eigenvalue weighted by molar-refractivity contribution is 5.45. The van der Waals surface area contributed by atoms with Crippen molar-refractivity contribution < 1.29 is 13.9 Å². The molecule has 0 fully saturated rings. The van der Waals surface area contributed by atoms with Gasteiger partial charge in [0.2, 0.25) is 5.82 Å². The lowest BCUT2D eigenvalue weighted by Crippen LogP contribution is -2.06. The lowest BCUT2D eigenvalue weighted by atomic mass is 10.1. The number of halogens is 2. The maximum absolute atomic E-state index is 12.8. The largest absolute Gasteiger partial charge is 0.505 e. The Hall–Kier alpha value is -1.16. The summed E-state index contributed by atoms with van der Waals surface area (Å²) in [6.45, 7) is 0. The average Bonchev–Trinajstić information content (AvgIpc) is 2.45. The number of phenolic OH excluding ortho intramolecular Hbond substituents is 1. The zero-order valence-corrected chi connectivity index (χ0v) is 6.85. The highest BCUT2D eigenvalue weighted by Gasteiger charge is 2.26. The van der Waals surface area contributed by atoms with Crippen LogP contribution in [0.5, 0.6) is 5.75 Å². The van der Waals surface area contributed by atoms with Gasteiger partial charge in [0.1, 0.15) is 0 Å². The average molecular weight is 185 g/mol. The van der Waals surface area contributed by atoms with Crippen LogP contribution in [0.4, 0.5) is 8.78 Å². The zero-order chi connectivity index (χ0) is 9.59. The van der Waals surface area contributed by atoms with E-state index in [1.807, 2.05) is 0 Å². The molecule has 0 radical (unpaired) electrons. The number of hydrogen-bond acceptors (Lipinski definition) is 2. The van der Waals surface area contributed by atoms with E-state index in [1.165, 1.54) is 0 Å². The fraction of sp³-hybridized carbons (Fsp3) is 0.333. The van der Waals surface area contributed by atoms with Crippen molar-refractivity contribution >= 4 is 0 Å². The molecule has 0 spiro atoms. The molecule has 4 heteroatoms. The van der Waals surface area contributed by atoms with E-state index in [0.29, 0.717) is 24.0 Å². The van der Waals surface area contributed by atoms with E-state index in [1.54, 1.807) is 0 Å². The molecule has 1 aromatic carbocycles. The molecular weight excluding hydrogens is 176 g/mol. The number of hydrogen-bond donors (Lipinski definition) is 2. The second-order valence-electron chi connectivity index (χ2n) is 3.23. The first-order valence-electron chi connectivity index (χ1n) is 4.06. The molecule has 3 N–H and O–H groups in total. The van der Waals surface area contributed by atoms with Crippen molar-refractivity contribution in [3.8, 4) is 5.75 Å². The van der Waals surface area contributed by atoms with E-state index >= 15 is 0 Å². The van der Waals surface area contributed by atoms with Gasteiger partial charge in [-0.25, -0.2) is 4.39 Å². The van der Waals surface area contributed by atoms with Crippen molar-refractivity contribution in [1.82, 2.24) is 0 Å². The molecule has 2 nitrogen and oxygen atoms in total. The summed E-state index contributed by atoms with van der Waals surface area (Å²) in [6.07, 6.45) is 1.14. The maximum Gasteiger partial charge on any atom is 0.200 e. The third-order valence-corrected chi connectivity index (χ3v) is 2.44. The fourth-order valence-corrected chi connectivity index (χ4v) is 1.72. The quantitative estimate of drug-likeness (QED) is 0.645. The Morgan fingerprint density at radius 2 is 2.15 bits per heavy atom. The van der Waals surface area contributed by atoms with Gasteiger partial charge in [0.25, 0.3) is 0 Å². The van der Waals surface area contributed by atoms with Crippen LogP contribution in [0, 0.1) is 11.6 Å². The van der Waals surface area contributed by atoms with Crippen LogP contribution in [0.15, 0.2) is 6.07 Å². The van der Waals surface area contributed by atoms with Gasteiger partial charge < -0.3 is 10.8 Å². The number of phenols is 1. The Balaban J connectivity index is 2.67. The number of fused-ring (bicyclic) bond motifs is 1. The standard InChI is InChI=1S/C9H9F2NO/c10-6-3-5-4(1-2-7(5)12)9(13)8(6)11/h3,7,13H,1-2,12H2/t7-/m1/s1. The Morgan fingerprint density at radius 3 is 2.85 bits per heavy atom. The summed E-state index contributed by atoms with van der Waals surface area (Å²) in [5, 5.41) is 9.25. The predicted octanol–water partition coefficient (Wildman–Crippen LogP) is 1.62. The molecule has 70 valence electrons. The summed E-state index contributed by atoms with van der Waals surface area (Å²) in [4.78, 5) is 0. The van der Waals surface area contributed by atoms with Gasteiger partial charge in [-0.1, -0.05) is 0 Å². The van der Waals surface area contributed by atoms with Crippen molar-refractivity contribution in [2.45, 2.75) is 18.9 Å². The monoisotopic (exact) mass is 185 g/mol. The highest BCUT2D eigenvalue weighted by atomic mass is 19.2. The lowest BCUT2D eigenvalue weighted by molar-refractivity contribution is 0.402. The van der Waals surface area contributed by atoms with Crippen LogP contribution in [0.2, 0.25) is 0 Å². The first-order valence-corrected chi connectivity index (χ1v) is 4.06. The van der Waals surface area contributed by atoms with E-state index in [0.717, 1.165) is 6.07 Å². The van der Waals surface area contributed by atoms with Gasteiger partial charge >= 0.3 is 0 Å². The molecule has 0 saturated carbocycles. The molecule has 0 aliphatic heterocycles. The molecule has 0 amide bonds. The van der Waals surface area contributed by atoms with E-state index in [9.17, 15) is 13.9 Å². The molecule has 2 rings (SSSR count). The normalized spacial score (nSPS) is 20.4. The summed E-state index contributed by atoms with van der Waals surface area (Å²) in [5.41, 5.74) is 6.61. The Bertz CT molecular complexity index is 365. The topological polar surface area (TPSA) is 46.2 Å². The van der Waals surface area contributed by atoms with Crippen LogP contribution in [-0.2, 0) is 6.42 Å². The number of benzene rings is 1. The minimum absolute atomic E-state index is 0.281. The molecule has 0 unspecified atom stereocenters. The number of nitrogens with two attached hydrogens (primary N) is 1. The first kappa shape index (κ1) is 8.44. The first-order chi connectivity index (χ1) is 6.11. The second kappa shape index (κ2) is 2.67. The second-order valence-corrected chi connectivity index (χ2v) is 3.23. The minimum atomic E-state index is -1.17. The van der Waals surface area contributed by atoms with Gasteiger partial charge in [0.15, 0.2) is 11.6 Å². The van der Waals surface area contributed by atoms with E-state index in [2.05, 4.69) is 0 Å². The minimum Gasteiger partial charge on any atom is -0.505 e. The third kappa shape index (κ3) is 1.09. The molecular formula is C9H9F2NO. The van der Waals surface area contributed by atoms with Crippen LogP contribution >= 0.6 is 0 Å². The van der Waals surface area contributed by atoms with Gasteiger partial charge in [-0.3, -0.25) is 0 Å². The Kier molecular flexibility index (Phi) is 1.73. The van der Waals surface area contributed by atoms with Gasteiger partial charge in [0.05, 0.1) is 0 Å². The van der Waals surface area contributed by atoms with Crippen molar-refractivity contribution in [1.29, 1.82) is 0 Å². The SMILES string of the molecule is N[C@@H]1CCc2c1cc(F)c(F)c2O. The fourth-order valence-electron chi connectivity index (χ4n) is 1.72. The van der Waals surface area contributed by atoms with Gasteiger partial charge in [-0.15, -0.1) is 0 Å². The number of rotatable bonds is 0. The maximum atomic E-state index is 12.8. The lowest BCUT2D eigenvalue weighted by Gasteiger charge is -2.07. The Labute approximate surface area is 74.0 Å². The van der Waals surface area contributed by atoms with E-state index < -0.39 is 17.4 Å². The molecule has 0 aromatic heterocycles. The molecule has 1 aromatic rings. The van der Waals surface area contributed by atoms with Crippen LogP contribution < -0.4 is 5.73 Å². The summed E-state index contributed by atoms with van der Waals surface area (Å²) in [6, 6.07) is 0.790. The summed E-state index contributed by atoms with van der Waals surface area (Å²) in [5.74, 6) is -2.79. The van der Waals surface area contributed by atoms with Crippen LogP contribution in [-0.4, -0.2) is 5.11 Å². The summed E-state index contributed by atoms with van der Waals surface area (Å²) in [7, 11) is 0. The van der Waals surface area contributed by atoms with E-state index in [4.69, 9.17) is 5.73 Å². The number of aromatic hydroxyl groups is 1. The van der Waals surface area contributed by atoms with E-state index in [-0.39, 0.29) is 6.04 Å². The molecule has 0 saturated heterocycles. The Morgan fingerprint density at radius 1 is 1.46 bits per heavy atom. The van der Waals surface area contributed by atoms with Gasteiger partial charge in [-0.2, -0.15) is 4.39 Å². The molecule has 0 heterocycles. The van der Waals surface area contributed by atoms with Crippen molar-refractivity contribution in [2.75, 3.05) is 0 Å². The van der Waals surface area contributed by atoms with Crippen LogP contribution in [0.25, 0.3) is 0 Å². The summed E-state index contributed by atoms with van der Waals surface area (Å²) < 4.78 is 25.7. The predicted molar refractivity (Wildman–Crippen MR) is 43.3 cm³/mol. The molecule has 1 atom stereocenters. The molecule has 1 aliphatic rings. The van der Waals surface area contributed by atoms with Crippen molar-refractivity contribution in [3.05, 3.63) is 28.8 Å². The molecule has 1 aliphatic carbocycles.